The molecule has 0 aromatic carbocycles. The minimum atomic E-state index is 0. The largest absolute Gasteiger partial charge is 0.513 e. The fourth-order valence-electron chi connectivity index (χ4n) is 0. The third-order valence-corrected chi connectivity index (χ3v) is 0. The summed E-state index contributed by atoms with van der Waals surface area (Å²) in [6, 6.07) is 0. The van der Waals surface area contributed by atoms with Crippen LogP contribution >= 0.6 is 19.8 Å². The topological polar surface area (TPSA) is 40.5 Å². The Morgan fingerprint density at radius 3 is 1.09 bits per heavy atom. The van der Waals surface area contributed by atoms with E-state index in [0.29, 0.717) is 0 Å². The van der Waals surface area contributed by atoms with Crippen molar-refractivity contribution < 1.29 is 75.6 Å². The van der Waals surface area contributed by atoms with Crippen molar-refractivity contribution >= 4 is 19.8 Å². The van der Waals surface area contributed by atoms with Gasteiger partial charge < -0.3 is 17.6 Å². The van der Waals surface area contributed by atoms with Gasteiger partial charge in [0, 0.05) is 72.5 Å². The molecule has 0 aromatic heterocycles. The minimum Gasteiger partial charge on any atom is -0.513 e. The first-order chi connectivity index (χ1) is 2.73. The average molecular weight is 351 g/mol. The van der Waals surface area contributed by atoms with Gasteiger partial charge in [0.05, 0.1) is 5.76 Å². The van der Waals surface area contributed by atoms with Crippen LogP contribution in [0.25, 0.3) is 0 Å². The molecule has 0 rings (SSSR count). The van der Waals surface area contributed by atoms with Gasteiger partial charge in [-0.15, -0.1) is 0 Å². The van der Waals surface area contributed by atoms with E-state index in [2.05, 4.69) is 6.58 Å². The SMILES string of the molecule is C=C(C)O.CO.P.P.[CH3-].[Y].[Y]. The van der Waals surface area contributed by atoms with E-state index >= 15 is 0 Å². The Morgan fingerprint density at radius 2 is 1.09 bits per heavy atom. The van der Waals surface area contributed by atoms with Crippen molar-refractivity contribution in [1.82, 2.24) is 0 Å². The van der Waals surface area contributed by atoms with Crippen LogP contribution in [0.2, 0.25) is 0 Å². The Balaban J connectivity index is -0.00000000432. The van der Waals surface area contributed by atoms with Crippen LogP contribution < -0.4 is 0 Å². The van der Waals surface area contributed by atoms with Crippen LogP contribution in [-0.2, 0) is 65.4 Å². The van der Waals surface area contributed by atoms with Crippen LogP contribution in [0.5, 0.6) is 0 Å². The number of aliphatic hydroxyl groups excluding tert-OH is 2. The van der Waals surface area contributed by atoms with Gasteiger partial charge in [-0.1, -0.05) is 6.58 Å². The summed E-state index contributed by atoms with van der Waals surface area (Å²) >= 11 is 0. The molecular weight excluding hydrogens is 332 g/mol. The molecule has 0 aliphatic carbocycles. The Kier molecular flexibility index (Phi) is 245. The van der Waals surface area contributed by atoms with Crippen molar-refractivity contribution in [2.45, 2.75) is 6.92 Å². The maximum Gasteiger partial charge on any atom is 0.0820 e. The number of hydrogen-bond donors (Lipinski definition) is 2. The zero-order valence-corrected chi connectivity index (χ0v) is 16.2. The molecule has 0 aliphatic rings. The van der Waals surface area contributed by atoms with E-state index in [-0.39, 0.29) is 98.4 Å². The third kappa shape index (κ3) is 213. The van der Waals surface area contributed by atoms with Gasteiger partial charge >= 0.3 is 0 Å². The quantitative estimate of drug-likeness (QED) is 0.392. The van der Waals surface area contributed by atoms with Crippen molar-refractivity contribution in [2.24, 2.45) is 0 Å². The zero-order valence-electron chi connectivity index (χ0n) is 7.67. The second-order valence-corrected chi connectivity index (χ2v) is 0.735. The first-order valence-electron chi connectivity index (χ1n) is 1.52. The average Bonchev–Trinajstić information content (AvgIpc) is 1.41. The van der Waals surface area contributed by atoms with E-state index < -0.39 is 0 Å². The molecule has 0 heterocycles. The fraction of sp³-hybridized carbons (Fsp3) is 0.400. The Morgan fingerprint density at radius 1 is 1.09 bits per heavy atom. The van der Waals surface area contributed by atoms with Gasteiger partial charge in [-0.2, -0.15) is 19.8 Å². The van der Waals surface area contributed by atoms with Crippen molar-refractivity contribution in [3.05, 3.63) is 19.8 Å². The van der Waals surface area contributed by atoms with E-state index in [0.717, 1.165) is 7.11 Å². The summed E-state index contributed by atoms with van der Waals surface area (Å²) < 4.78 is 0. The molecular formula is C5H19O2P2Y2-. The van der Waals surface area contributed by atoms with Crippen LogP contribution in [0.4, 0.5) is 0 Å². The van der Waals surface area contributed by atoms with Crippen LogP contribution in [0, 0.1) is 7.43 Å². The van der Waals surface area contributed by atoms with Crippen molar-refractivity contribution in [2.75, 3.05) is 7.11 Å². The summed E-state index contributed by atoms with van der Waals surface area (Å²) in [5.74, 6) is 0.167. The van der Waals surface area contributed by atoms with Crippen LogP contribution in [0.1, 0.15) is 6.92 Å². The van der Waals surface area contributed by atoms with Gasteiger partial charge in [0.25, 0.3) is 0 Å². The normalized spacial score (nSPS) is 2.82. The molecule has 11 heavy (non-hydrogen) atoms. The van der Waals surface area contributed by atoms with E-state index in [1.165, 1.54) is 6.92 Å². The maximum atomic E-state index is 7.86. The Hall–Kier alpha value is 2.57. The first kappa shape index (κ1) is 49.7. The van der Waals surface area contributed by atoms with Gasteiger partial charge in [0.1, 0.15) is 0 Å². The van der Waals surface area contributed by atoms with Crippen molar-refractivity contribution in [3.63, 3.8) is 0 Å². The molecule has 0 aliphatic heterocycles. The summed E-state index contributed by atoms with van der Waals surface area (Å²) in [6.07, 6.45) is 0. The van der Waals surface area contributed by atoms with Crippen LogP contribution in [-0.4, -0.2) is 17.3 Å². The molecule has 2 radical (unpaired) electrons. The van der Waals surface area contributed by atoms with E-state index in [9.17, 15) is 0 Å². The van der Waals surface area contributed by atoms with Gasteiger partial charge in [-0.25, -0.2) is 0 Å². The standard InChI is InChI=1S/C3H6O.CH4O.CH3.2H3P.2Y/c1-3(2)4;1-2;;;;;/h4H,1H2,2H3;2H,1H3;3*1H3;;/q;;-1;;;;. The predicted octanol–water partition coefficient (Wildman–Crippen LogP) is 1.25. The Bertz CT molecular complexity index is 43.5. The second-order valence-electron chi connectivity index (χ2n) is 0.735. The molecule has 68 valence electrons. The summed E-state index contributed by atoms with van der Waals surface area (Å²) in [7, 11) is 1.00. The fourth-order valence-corrected chi connectivity index (χ4v) is 0. The Labute approximate surface area is 127 Å². The van der Waals surface area contributed by atoms with Crippen LogP contribution in [0.3, 0.4) is 0 Å². The molecule has 2 atom stereocenters. The number of rotatable bonds is 0. The molecule has 2 N–H and O–H groups in total. The summed E-state index contributed by atoms with van der Waals surface area (Å²) in [5, 5.41) is 14.9. The molecule has 0 amide bonds. The van der Waals surface area contributed by atoms with Gasteiger partial charge in [-0.3, -0.25) is 0 Å². The molecule has 0 bridgehead atoms. The molecule has 0 fully saturated rings. The van der Waals surface area contributed by atoms with E-state index in [4.69, 9.17) is 10.2 Å². The third-order valence-electron chi connectivity index (χ3n) is 0. The van der Waals surface area contributed by atoms with Crippen LogP contribution in [0.15, 0.2) is 12.3 Å². The summed E-state index contributed by atoms with van der Waals surface area (Å²) in [5.41, 5.74) is 0. The molecule has 0 saturated carbocycles. The molecule has 2 nitrogen and oxygen atoms in total. The zero-order chi connectivity index (χ0) is 5.58. The predicted molar refractivity (Wildman–Crippen MR) is 54.2 cm³/mol. The number of aliphatic hydroxyl groups is 2. The first-order valence-corrected chi connectivity index (χ1v) is 1.52. The second kappa shape index (κ2) is 54.2. The number of allylic oxidation sites excluding steroid dienone is 1. The monoisotopic (exact) mass is 351 g/mol. The van der Waals surface area contributed by atoms with E-state index in [1.807, 2.05) is 0 Å². The molecule has 0 aromatic rings. The summed E-state index contributed by atoms with van der Waals surface area (Å²) in [6.45, 7) is 4.64. The van der Waals surface area contributed by atoms with Gasteiger partial charge in [0.15, 0.2) is 0 Å². The molecule has 2 unspecified atom stereocenters. The maximum absolute atomic E-state index is 7.86. The van der Waals surface area contributed by atoms with Gasteiger partial charge in [0.2, 0.25) is 0 Å². The van der Waals surface area contributed by atoms with Gasteiger partial charge in [-0.05, 0) is 6.92 Å². The molecule has 0 saturated heterocycles. The molecule has 0 spiro atoms. The smallest absolute Gasteiger partial charge is 0.0820 e. The summed E-state index contributed by atoms with van der Waals surface area (Å²) in [4.78, 5) is 0. The van der Waals surface area contributed by atoms with E-state index in [1.54, 1.807) is 0 Å². The number of hydrogen-bond acceptors (Lipinski definition) is 2. The van der Waals surface area contributed by atoms with Crippen molar-refractivity contribution in [1.29, 1.82) is 0 Å². The molecule has 6 heteroatoms. The van der Waals surface area contributed by atoms with Crippen molar-refractivity contribution in [3.8, 4) is 0 Å². The minimum absolute atomic E-state index is 0.